The zero-order valence-electron chi connectivity index (χ0n) is 8.95. The first-order valence-electron chi connectivity index (χ1n) is 5.17. The third-order valence-electron chi connectivity index (χ3n) is 2.70. The van der Waals surface area contributed by atoms with Crippen molar-refractivity contribution < 1.29 is 9.90 Å². The molecule has 1 unspecified atom stereocenters. The molecule has 1 aliphatic rings. The molecule has 1 heterocycles. The summed E-state index contributed by atoms with van der Waals surface area (Å²) in [4.78, 5) is 11.7. The molecule has 0 spiro atoms. The Morgan fingerprint density at radius 3 is 2.73 bits per heavy atom. The second-order valence-electron chi connectivity index (χ2n) is 4.46. The molecule has 1 aromatic carbocycles. The highest BCUT2D eigenvalue weighted by atomic mass is 16.3. The summed E-state index contributed by atoms with van der Waals surface area (Å²) in [6, 6.07) is 7.30. The van der Waals surface area contributed by atoms with Crippen molar-refractivity contribution in [3.05, 3.63) is 29.8 Å². The highest BCUT2D eigenvalue weighted by molar-refractivity contribution is 6.04. The fraction of sp³-hybridized carbons (Fsp3) is 0.417. The van der Waals surface area contributed by atoms with Crippen LogP contribution in [-0.4, -0.2) is 11.0 Å². The van der Waals surface area contributed by atoms with Crippen LogP contribution in [0.4, 0.5) is 5.69 Å². The molecule has 2 N–H and O–H groups in total. The number of benzene rings is 1. The van der Waals surface area contributed by atoms with E-state index < -0.39 is 5.60 Å². The minimum absolute atomic E-state index is 0.270. The fourth-order valence-electron chi connectivity index (χ4n) is 2.09. The van der Waals surface area contributed by atoms with Gasteiger partial charge in [0.05, 0.1) is 0 Å². The number of carbonyl (C=O) groups excluding carboxylic acids is 1. The lowest BCUT2D eigenvalue weighted by atomic mass is 9.87. The maximum Gasteiger partial charge on any atom is 0.261 e. The average Bonchev–Trinajstić information content (AvgIpc) is 2.39. The van der Waals surface area contributed by atoms with Crippen LogP contribution < -0.4 is 5.32 Å². The molecule has 15 heavy (non-hydrogen) atoms. The standard InChI is InChI=1S/C12H15NO2/c1-8(2)7-12(15)9-5-3-4-6-10(9)13-11(12)14/h3-6,8,15H,7H2,1-2H3,(H,13,14). The van der Waals surface area contributed by atoms with Gasteiger partial charge in [-0.05, 0) is 18.4 Å². The van der Waals surface area contributed by atoms with Crippen molar-refractivity contribution in [3.8, 4) is 0 Å². The predicted octanol–water partition coefficient (Wildman–Crippen LogP) is 1.87. The van der Waals surface area contributed by atoms with E-state index in [4.69, 9.17) is 0 Å². The lowest BCUT2D eigenvalue weighted by Crippen LogP contribution is -2.35. The van der Waals surface area contributed by atoms with E-state index in [2.05, 4.69) is 5.32 Å². The van der Waals surface area contributed by atoms with E-state index in [1.54, 1.807) is 6.07 Å². The summed E-state index contributed by atoms with van der Waals surface area (Å²) < 4.78 is 0. The number of amides is 1. The van der Waals surface area contributed by atoms with Crippen molar-refractivity contribution in [1.82, 2.24) is 0 Å². The zero-order valence-corrected chi connectivity index (χ0v) is 8.95. The Bertz CT molecular complexity index is 400. The van der Waals surface area contributed by atoms with Crippen LogP contribution in [0.2, 0.25) is 0 Å². The maximum absolute atomic E-state index is 11.7. The van der Waals surface area contributed by atoms with Gasteiger partial charge in [0.25, 0.3) is 5.91 Å². The molecule has 1 aromatic rings. The van der Waals surface area contributed by atoms with Crippen LogP contribution in [0.3, 0.4) is 0 Å². The summed E-state index contributed by atoms with van der Waals surface area (Å²) in [7, 11) is 0. The van der Waals surface area contributed by atoms with Gasteiger partial charge in [0, 0.05) is 11.3 Å². The molecule has 0 saturated carbocycles. The largest absolute Gasteiger partial charge is 0.375 e. The van der Waals surface area contributed by atoms with Crippen molar-refractivity contribution >= 4 is 11.6 Å². The van der Waals surface area contributed by atoms with Crippen molar-refractivity contribution in [2.24, 2.45) is 5.92 Å². The van der Waals surface area contributed by atoms with Crippen LogP contribution in [-0.2, 0) is 10.4 Å². The van der Waals surface area contributed by atoms with Gasteiger partial charge in [-0.1, -0.05) is 32.0 Å². The lowest BCUT2D eigenvalue weighted by Gasteiger charge is -2.22. The number of carbonyl (C=O) groups is 1. The molecule has 0 saturated heterocycles. The molecule has 80 valence electrons. The summed E-state index contributed by atoms with van der Waals surface area (Å²) in [5.74, 6) is -0.0377. The van der Waals surface area contributed by atoms with E-state index in [1.165, 1.54) is 0 Å². The molecule has 0 aromatic heterocycles. The van der Waals surface area contributed by atoms with Gasteiger partial charge >= 0.3 is 0 Å². The summed E-state index contributed by atoms with van der Waals surface area (Å²) >= 11 is 0. The number of rotatable bonds is 2. The van der Waals surface area contributed by atoms with E-state index in [0.29, 0.717) is 12.0 Å². The molecule has 1 amide bonds. The molecule has 0 fully saturated rings. The number of anilines is 1. The van der Waals surface area contributed by atoms with Gasteiger partial charge in [-0.15, -0.1) is 0 Å². The molecule has 0 bridgehead atoms. The number of nitrogens with one attached hydrogen (secondary N) is 1. The minimum atomic E-state index is -1.34. The first-order valence-corrected chi connectivity index (χ1v) is 5.17. The van der Waals surface area contributed by atoms with Gasteiger partial charge in [-0.25, -0.2) is 0 Å². The van der Waals surface area contributed by atoms with E-state index in [9.17, 15) is 9.90 Å². The van der Waals surface area contributed by atoms with Crippen LogP contribution in [0, 0.1) is 5.92 Å². The number of hydrogen-bond acceptors (Lipinski definition) is 2. The van der Waals surface area contributed by atoms with Crippen molar-refractivity contribution in [1.29, 1.82) is 0 Å². The Labute approximate surface area is 89.1 Å². The quantitative estimate of drug-likeness (QED) is 0.774. The van der Waals surface area contributed by atoms with Crippen LogP contribution in [0.5, 0.6) is 0 Å². The SMILES string of the molecule is CC(C)CC1(O)C(=O)Nc2ccccc21. The third-order valence-corrected chi connectivity index (χ3v) is 2.70. The van der Waals surface area contributed by atoms with Crippen molar-refractivity contribution in [2.45, 2.75) is 25.9 Å². The normalized spacial score (nSPS) is 24.1. The average molecular weight is 205 g/mol. The summed E-state index contributed by atoms with van der Waals surface area (Å²) in [6.45, 7) is 3.98. The summed E-state index contributed by atoms with van der Waals surface area (Å²) in [5.41, 5.74) is 0.0828. The Morgan fingerprint density at radius 2 is 2.07 bits per heavy atom. The molecule has 0 aliphatic carbocycles. The molecule has 1 aliphatic heterocycles. The van der Waals surface area contributed by atoms with E-state index in [-0.39, 0.29) is 11.8 Å². The monoisotopic (exact) mass is 205 g/mol. The first-order chi connectivity index (χ1) is 7.04. The van der Waals surface area contributed by atoms with E-state index in [0.717, 1.165) is 5.69 Å². The Morgan fingerprint density at radius 1 is 1.40 bits per heavy atom. The van der Waals surface area contributed by atoms with Gasteiger partial charge in [-0.2, -0.15) is 0 Å². The van der Waals surface area contributed by atoms with Gasteiger partial charge in [0.2, 0.25) is 0 Å². The first kappa shape index (κ1) is 10.2. The Balaban J connectivity index is 2.44. The van der Waals surface area contributed by atoms with Crippen LogP contribution in [0.1, 0.15) is 25.8 Å². The van der Waals surface area contributed by atoms with Crippen LogP contribution in [0.15, 0.2) is 24.3 Å². The van der Waals surface area contributed by atoms with Gasteiger partial charge < -0.3 is 10.4 Å². The number of hydrogen-bond donors (Lipinski definition) is 2. The highest BCUT2D eigenvalue weighted by Crippen LogP contribution is 2.39. The second kappa shape index (κ2) is 3.35. The zero-order chi connectivity index (χ0) is 11.1. The van der Waals surface area contributed by atoms with Crippen molar-refractivity contribution in [2.75, 3.05) is 5.32 Å². The lowest BCUT2D eigenvalue weighted by molar-refractivity contribution is -0.135. The number of para-hydroxylation sites is 1. The number of aliphatic hydroxyl groups is 1. The minimum Gasteiger partial charge on any atom is -0.375 e. The summed E-state index contributed by atoms with van der Waals surface area (Å²) in [5, 5.41) is 13.1. The number of fused-ring (bicyclic) bond motifs is 1. The van der Waals surface area contributed by atoms with E-state index in [1.807, 2.05) is 32.0 Å². The van der Waals surface area contributed by atoms with Gasteiger partial charge in [0.15, 0.2) is 5.60 Å². The molecular formula is C12H15NO2. The topological polar surface area (TPSA) is 49.3 Å². The van der Waals surface area contributed by atoms with Gasteiger partial charge in [0.1, 0.15) is 0 Å². The molecule has 3 nitrogen and oxygen atoms in total. The fourth-order valence-corrected chi connectivity index (χ4v) is 2.09. The Hall–Kier alpha value is -1.35. The molecule has 0 radical (unpaired) electrons. The molecule has 2 rings (SSSR count). The van der Waals surface area contributed by atoms with E-state index >= 15 is 0 Å². The predicted molar refractivity (Wildman–Crippen MR) is 58.4 cm³/mol. The molecule has 3 heteroatoms. The van der Waals surface area contributed by atoms with Crippen LogP contribution in [0.25, 0.3) is 0 Å². The second-order valence-corrected chi connectivity index (χ2v) is 4.46. The van der Waals surface area contributed by atoms with Crippen molar-refractivity contribution in [3.63, 3.8) is 0 Å². The molecular weight excluding hydrogens is 190 g/mol. The van der Waals surface area contributed by atoms with Gasteiger partial charge in [-0.3, -0.25) is 4.79 Å². The summed E-state index contributed by atoms with van der Waals surface area (Å²) in [6.07, 6.45) is 0.454. The molecule has 1 atom stereocenters. The maximum atomic E-state index is 11.7. The van der Waals surface area contributed by atoms with Crippen LogP contribution >= 0.6 is 0 Å². The highest BCUT2D eigenvalue weighted by Gasteiger charge is 2.44. The Kier molecular flexibility index (Phi) is 2.27. The third kappa shape index (κ3) is 1.53. The smallest absolute Gasteiger partial charge is 0.261 e.